The summed E-state index contributed by atoms with van der Waals surface area (Å²) in [5.41, 5.74) is 3.03. The zero-order valence-electron chi connectivity index (χ0n) is 15.3. The van der Waals surface area contributed by atoms with Crippen LogP contribution in [-0.4, -0.2) is 42.3 Å². The van der Waals surface area contributed by atoms with Crippen LogP contribution in [-0.2, 0) is 9.59 Å². The van der Waals surface area contributed by atoms with Crippen LogP contribution in [0.4, 0.5) is 5.69 Å². The molecule has 0 saturated carbocycles. The first-order chi connectivity index (χ1) is 12.3. The smallest absolute Gasteiger partial charge is 0.255 e. The molecule has 1 aromatic heterocycles. The monoisotopic (exact) mass is 357 g/mol. The van der Waals surface area contributed by atoms with Crippen molar-refractivity contribution in [2.45, 2.75) is 26.8 Å². The highest BCUT2D eigenvalue weighted by molar-refractivity contribution is 5.99. The van der Waals surface area contributed by atoms with Gasteiger partial charge in [0.25, 0.3) is 5.91 Å². The molecule has 1 aromatic carbocycles. The maximum atomic E-state index is 12.4. The molecule has 0 bridgehead atoms. The lowest BCUT2D eigenvalue weighted by Gasteiger charge is -2.21. The highest BCUT2D eigenvalue weighted by Crippen LogP contribution is 2.16. The summed E-state index contributed by atoms with van der Waals surface area (Å²) >= 11 is 0. The summed E-state index contributed by atoms with van der Waals surface area (Å²) in [5.74, 6) is -1.08. The molecule has 138 valence electrons. The first-order valence-electron chi connectivity index (χ1n) is 8.23. The molecule has 0 spiro atoms. The number of aryl methyl sites for hydroxylation is 2. The van der Waals surface area contributed by atoms with E-state index in [2.05, 4.69) is 10.6 Å². The number of hydrogen-bond acceptors (Lipinski definition) is 4. The largest absolute Gasteiger partial charge is 0.472 e. The zero-order chi connectivity index (χ0) is 19.3. The van der Waals surface area contributed by atoms with Crippen LogP contribution < -0.4 is 10.6 Å². The van der Waals surface area contributed by atoms with Crippen molar-refractivity contribution in [3.05, 3.63) is 53.5 Å². The van der Waals surface area contributed by atoms with E-state index in [9.17, 15) is 14.4 Å². The van der Waals surface area contributed by atoms with Crippen LogP contribution in [0.1, 0.15) is 28.4 Å². The Labute approximate surface area is 152 Å². The third-order valence-electron chi connectivity index (χ3n) is 3.93. The van der Waals surface area contributed by atoms with Crippen molar-refractivity contribution in [1.82, 2.24) is 10.2 Å². The van der Waals surface area contributed by atoms with Gasteiger partial charge in [0.05, 0.1) is 18.4 Å². The Kier molecular flexibility index (Phi) is 6.16. The molecule has 2 aromatic rings. The van der Waals surface area contributed by atoms with Gasteiger partial charge in [-0.25, -0.2) is 0 Å². The third kappa shape index (κ3) is 4.95. The summed E-state index contributed by atoms with van der Waals surface area (Å²) in [6, 6.07) is 6.51. The summed E-state index contributed by atoms with van der Waals surface area (Å²) in [5, 5.41) is 5.39. The average molecular weight is 357 g/mol. The van der Waals surface area contributed by atoms with Crippen molar-refractivity contribution in [3.8, 4) is 0 Å². The van der Waals surface area contributed by atoms with E-state index in [-0.39, 0.29) is 18.4 Å². The number of carbonyl (C=O) groups is 3. The van der Waals surface area contributed by atoms with Gasteiger partial charge < -0.3 is 20.0 Å². The number of amides is 3. The van der Waals surface area contributed by atoms with E-state index in [0.717, 1.165) is 16.8 Å². The first kappa shape index (κ1) is 19.2. The summed E-state index contributed by atoms with van der Waals surface area (Å²) in [6.45, 7) is 5.30. The highest BCUT2D eigenvalue weighted by Gasteiger charge is 2.22. The predicted molar refractivity (Wildman–Crippen MR) is 97.8 cm³/mol. The summed E-state index contributed by atoms with van der Waals surface area (Å²) < 4.78 is 4.84. The van der Waals surface area contributed by atoms with E-state index in [1.807, 2.05) is 32.0 Å². The van der Waals surface area contributed by atoms with Gasteiger partial charge in [-0.05, 0) is 44.0 Å². The number of rotatable bonds is 6. The Morgan fingerprint density at radius 3 is 2.58 bits per heavy atom. The lowest BCUT2D eigenvalue weighted by atomic mass is 10.1. The summed E-state index contributed by atoms with van der Waals surface area (Å²) in [6.07, 6.45) is 2.68. The second-order valence-corrected chi connectivity index (χ2v) is 6.27. The van der Waals surface area contributed by atoms with Gasteiger partial charge >= 0.3 is 0 Å². The van der Waals surface area contributed by atoms with E-state index in [0.29, 0.717) is 5.56 Å². The minimum absolute atomic E-state index is 0.113. The molecule has 0 radical (unpaired) electrons. The van der Waals surface area contributed by atoms with Gasteiger partial charge in [-0.3, -0.25) is 14.4 Å². The second-order valence-electron chi connectivity index (χ2n) is 6.27. The van der Waals surface area contributed by atoms with Crippen LogP contribution in [0.3, 0.4) is 0 Å². The van der Waals surface area contributed by atoms with Gasteiger partial charge in [0.1, 0.15) is 12.3 Å². The molecular weight excluding hydrogens is 334 g/mol. The standard InChI is InChI=1S/C19H23N3O4/c1-12-5-6-13(2)16(9-12)21-17(23)10-22(4)19(25)14(3)20-18(24)15-7-8-26-11-15/h5-9,11,14H,10H2,1-4H3,(H,20,24)(H,21,23). The highest BCUT2D eigenvalue weighted by atomic mass is 16.3. The van der Waals surface area contributed by atoms with Gasteiger partial charge in [-0.1, -0.05) is 12.1 Å². The molecule has 0 aliphatic heterocycles. The molecule has 2 rings (SSSR count). The first-order valence-corrected chi connectivity index (χ1v) is 8.23. The van der Waals surface area contributed by atoms with Crippen molar-refractivity contribution >= 4 is 23.4 Å². The quantitative estimate of drug-likeness (QED) is 0.828. The van der Waals surface area contributed by atoms with Crippen molar-refractivity contribution in [2.75, 3.05) is 18.9 Å². The SMILES string of the molecule is Cc1ccc(C)c(NC(=O)CN(C)C(=O)C(C)NC(=O)c2ccoc2)c1. The lowest BCUT2D eigenvalue weighted by Crippen LogP contribution is -2.47. The maximum absolute atomic E-state index is 12.4. The van der Waals surface area contributed by atoms with Crippen molar-refractivity contribution in [1.29, 1.82) is 0 Å². The number of carbonyl (C=O) groups excluding carboxylic acids is 3. The van der Waals surface area contributed by atoms with Crippen LogP contribution in [0.2, 0.25) is 0 Å². The fourth-order valence-corrected chi connectivity index (χ4v) is 2.42. The molecule has 3 amide bonds. The number of hydrogen-bond donors (Lipinski definition) is 2. The Hall–Kier alpha value is -3.09. The van der Waals surface area contributed by atoms with Gasteiger partial charge in [-0.2, -0.15) is 0 Å². The van der Waals surface area contributed by atoms with Crippen molar-refractivity contribution < 1.29 is 18.8 Å². The normalized spacial score (nSPS) is 11.5. The molecule has 1 atom stereocenters. The molecular formula is C19H23N3O4. The van der Waals surface area contributed by atoms with Gasteiger partial charge in [0.15, 0.2) is 0 Å². The minimum Gasteiger partial charge on any atom is -0.472 e. The number of nitrogens with one attached hydrogen (secondary N) is 2. The Bertz CT molecular complexity index is 799. The van der Waals surface area contributed by atoms with Crippen molar-refractivity contribution in [3.63, 3.8) is 0 Å². The maximum Gasteiger partial charge on any atom is 0.255 e. The molecule has 7 heteroatoms. The molecule has 7 nitrogen and oxygen atoms in total. The van der Waals surface area contributed by atoms with E-state index >= 15 is 0 Å². The Morgan fingerprint density at radius 2 is 1.92 bits per heavy atom. The molecule has 0 fully saturated rings. The summed E-state index contributed by atoms with van der Waals surface area (Å²) in [7, 11) is 1.52. The molecule has 1 heterocycles. The molecule has 0 aliphatic carbocycles. The number of likely N-dealkylation sites (N-methyl/N-ethyl adjacent to an activating group) is 1. The molecule has 2 N–H and O–H groups in total. The Balaban J connectivity index is 1.90. The number of anilines is 1. The minimum atomic E-state index is -0.768. The average Bonchev–Trinajstić information content (AvgIpc) is 3.12. The molecule has 1 unspecified atom stereocenters. The van der Waals surface area contributed by atoms with Gasteiger partial charge in [-0.15, -0.1) is 0 Å². The zero-order valence-corrected chi connectivity index (χ0v) is 15.3. The van der Waals surface area contributed by atoms with Gasteiger partial charge in [0, 0.05) is 12.7 Å². The summed E-state index contributed by atoms with van der Waals surface area (Å²) in [4.78, 5) is 37.8. The van der Waals surface area contributed by atoms with Gasteiger partial charge in [0.2, 0.25) is 11.8 Å². The predicted octanol–water partition coefficient (Wildman–Crippen LogP) is 2.11. The third-order valence-corrected chi connectivity index (χ3v) is 3.93. The fraction of sp³-hybridized carbons (Fsp3) is 0.316. The fourth-order valence-electron chi connectivity index (χ4n) is 2.42. The topological polar surface area (TPSA) is 91.7 Å². The number of furan rings is 1. The van der Waals surface area contributed by atoms with E-state index in [1.54, 1.807) is 6.92 Å². The molecule has 26 heavy (non-hydrogen) atoms. The molecule has 0 aliphatic rings. The number of benzene rings is 1. The van der Waals surface area contributed by atoms with Crippen LogP contribution in [0.25, 0.3) is 0 Å². The van der Waals surface area contributed by atoms with Crippen LogP contribution in [0.15, 0.2) is 41.2 Å². The van der Waals surface area contributed by atoms with Crippen molar-refractivity contribution in [2.24, 2.45) is 0 Å². The second kappa shape index (κ2) is 8.33. The lowest BCUT2D eigenvalue weighted by molar-refractivity contribution is -0.134. The van der Waals surface area contributed by atoms with Crippen LogP contribution >= 0.6 is 0 Å². The Morgan fingerprint density at radius 1 is 1.19 bits per heavy atom. The van der Waals surface area contributed by atoms with Crippen LogP contribution in [0, 0.1) is 13.8 Å². The number of nitrogens with zero attached hydrogens (tertiary/aromatic N) is 1. The van der Waals surface area contributed by atoms with E-state index < -0.39 is 11.9 Å². The molecule has 0 saturated heterocycles. The van der Waals surface area contributed by atoms with E-state index in [1.165, 1.54) is 30.5 Å². The van der Waals surface area contributed by atoms with E-state index in [4.69, 9.17) is 4.42 Å². The van der Waals surface area contributed by atoms with Crippen LogP contribution in [0.5, 0.6) is 0 Å².